The summed E-state index contributed by atoms with van der Waals surface area (Å²) in [5.41, 5.74) is 6.78. The maximum absolute atomic E-state index is 2.93. The first kappa shape index (κ1) is 30.5. The van der Waals surface area contributed by atoms with Crippen molar-refractivity contribution in [2.45, 2.75) is 91.5 Å². The second-order valence-electron chi connectivity index (χ2n) is 12.0. The molecule has 0 unspecified atom stereocenters. The average molecular weight is 508 g/mol. The van der Waals surface area contributed by atoms with E-state index in [-0.39, 0.29) is 24.8 Å². The summed E-state index contributed by atoms with van der Waals surface area (Å²) in [6.07, 6.45) is 10.3. The summed E-state index contributed by atoms with van der Waals surface area (Å²) in [5.74, 6) is 2.78. The molecule has 0 nitrogen and oxygen atoms in total. The molecule has 0 aromatic carbocycles. The quantitative estimate of drug-likeness (QED) is 0.288. The number of hydrogen-bond donors (Lipinski definition) is 0. The fourth-order valence-corrected chi connectivity index (χ4v) is 15.2. The van der Waals surface area contributed by atoms with Gasteiger partial charge >= 0.3 is 179 Å². The molecule has 2 rings (SSSR count). The third-order valence-electron chi connectivity index (χ3n) is 6.74. The molecule has 4 heteroatoms. The van der Waals surface area contributed by atoms with E-state index in [4.69, 9.17) is 0 Å². The summed E-state index contributed by atoms with van der Waals surface area (Å²) in [5, 5.41) is 5.45. The van der Waals surface area contributed by atoms with Crippen LogP contribution in [0, 0.1) is 23.7 Å². The molecule has 2 aliphatic rings. The molecule has 0 N–H and O–H groups in total. The Bertz CT molecular complexity index is 752. The van der Waals surface area contributed by atoms with E-state index < -0.39 is 14.0 Å². The van der Waals surface area contributed by atoms with E-state index in [9.17, 15) is 0 Å². The molecular weight excluding hydrogens is 459 g/mol. The average Bonchev–Trinajstić information content (AvgIpc) is 3.11. The van der Waals surface area contributed by atoms with Gasteiger partial charge in [0.15, 0.2) is 0 Å². The van der Waals surface area contributed by atoms with Crippen LogP contribution in [-0.4, -0.2) is 7.63 Å². The molecule has 174 valence electrons. The van der Waals surface area contributed by atoms with Gasteiger partial charge in [0.2, 0.25) is 0 Å². The van der Waals surface area contributed by atoms with Crippen LogP contribution in [0.1, 0.15) is 81.1 Å². The number of rotatable bonds is 8. The van der Waals surface area contributed by atoms with Crippen LogP contribution in [0.2, 0.25) is 10.5 Å². The molecule has 2 aliphatic carbocycles. The molecule has 0 heterocycles. The maximum atomic E-state index is 2.73. The first-order valence-electron chi connectivity index (χ1n) is 11.6. The zero-order valence-electron chi connectivity index (χ0n) is 21.3. The van der Waals surface area contributed by atoms with E-state index in [1.165, 1.54) is 25.7 Å². The van der Waals surface area contributed by atoms with Crippen LogP contribution in [0.4, 0.5) is 0 Å². The molecular formula is C26H48Cl2SiTi. The smallest absolute Gasteiger partial charge is 0.147 e. The number of hydrogen-bond acceptors (Lipinski definition) is 0. The van der Waals surface area contributed by atoms with E-state index in [2.05, 4.69) is 85.6 Å². The minimum absolute atomic E-state index is 0. The van der Waals surface area contributed by atoms with Crippen molar-refractivity contribution in [2.24, 2.45) is 23.7 Å². The van der Waals surface area contributed by atoms with Gasteiger partial charge in [-0.05, 0) is 0 Å². The predicted octanol–water partition coefficient (Wildman–Crippen LogP) is 8.74. The zero-order chi connectivity index (χ0) is 21.5. The van der Waals surface area contributed by atoms with Gasteiger partial charge in [0.25, 0.3) is 0 Å². The van der Waals surface area contributed by atoms with Gasteiger partial charge in [-0.3, -0.25) is 0 Å². The van der Waals surface area contributed by atoms with E-state index in [0.717, 1.165) is 11.8 Å². The van der Waals surface area contributed by atoms with Crippen LogP contribution in [0.3, 0.4) is 0 Å². The van der Waals surface area contributed by atoms with Crippen molar-refractivity contribution in [3.05, 3.63) is 42.2 Å². The van der Waals surface area contributed by atoms with E-state index in [0.29, 0.717) is 11.8 Å². The minimum Gasteiger partial charge on any atom is -0.147 e. The van der Waals surface area contributed by atoms with Crippen LogP contribution in [0.5, 0.6) is 0 Å². The van der Waals surface area contributed by atoms with Crippen molar-refractivity contribution >= 4 is 32.4 Å². The van der Waals surface area contributed by atoms with Crippen molar-refractivity contribution in [3.63, 3.8) is 0 Å². The SMILES string of the molecule is CC(C)CC1=CC(C(C)C)=[C]([Ti]([CH3])([CH3])(=[SiH2])[C]2=C(C(C)C)C=C(CC(C)C)C2)C1.Cl.Cl. The third-order valence-corrected chi connectivity index (χ3v) is 17.8. The Balaban J connectivity index is 0.00000420. The fourth-order valence-electron chi connectivity index (χ4n) is 5.39. The molecule has 0 saturated carbocycles. The van der Waals surface area contributed by atoms with Crippen LogP contribution in [0.15, 0.2) is 42.2 Å². The van der Waals surface area contributed by atoms with Crippen LogP contribution >= 0.6 is 24.8 Å². The van der Waals surface area contributed by atoms with Crippen LogP contribution < -0.4 is 0 Å². The summed E-state index contributed by atoms with van der Waals surface area (Å²) in [4.78, 5) is 0. The van der Waals surface area contributed by atoms with E-state index >= 15 is 0 Å². The standard InChI is InChI=1S/2C12H19.2CH3.2ClH.H2Si.Ti/c2*1-9(2)7-11-5-6-12(8-11)10(3)4;;;;;;/h2*8-10H,5,7H2,1-4H3;2*1H3;2*1H;1H2;. The van der Waals surface area contributed by atoms with Crippen molar-refractivity contribution in [1.82, 2.24) is 0 Å². The summed E-state index contributed by atoms with van der Waals surface area (Å²) in [6, 6.07) is 0. The largest absolute Gasteiger partial charge is 0.147 e. The molecule has 0 atom stereocenters. The Kier molecular flexibility index (Phi) is 11.2. The molecule has 0 spiro atoms. The summed E-state index contributed by atoms with van der Waals surface area (Å²) in [7, 11) is 2.44. The second kappa shape index (κ2) is 11.1. The molecule has 30 heavy (non-hydrogen) atoms. The third kappa shape index (κ3) is 6.74. The maximum Gasteiger partial charge on any atom is -0.147 e. The molecule has 0 fully saturated rings. The Morgan fingerprint density at radius 1 is 0.700 bits per heavy atom. The second-order valence-corrected chi connectivity index (χ2v) is 31.0. The van der Waals surface area contributed by atoms with Crippen molar-refractivity contribution in [3.8, 4) is 0 Å². The number of halogens is 2. The predicted molar refractivity (Wildman–Crippen MR) is 143 cm³/mol. The van der Waals surface area contributed by atoms with Gasteiger partial charge in [0.05, 0.1) is 0 Å². The van der Waals surface area contributed by atoms with Gasteiger partial charge in [0, 0.05) is 0 Å². The zero-order valence-corrected chi connectivity index (χ0v) is 25.9. The number of allylic oxidation sites excluding steroid dienone is 8. The Morgan fingerprint density at radius 3 is 1.23 bits per heavy atom. The first-order chi connectivity index (χ1) is 12.7. The van der Waals surface area contributed by atoms with Gasteiger partial charge < -0.3 is 0 Å². The summed E-state index contributed by atoms with van der Waals surface area (Å²) in [6.45, 7) is 19.1. The van der Waals surface area contributed by atoms with Crippen molar-refractivity contribution in [2.75, 3.05) is 0 Å². The van der Waals surface area contributed by atoms with Gasteiger partial charge in [-0.2, -0.15) is 0 Å². The molecule has 0 amide bonds. The van der Waals surface area contributed by atoms with Crippen LogP contribution in [-0.2, 0) is 14.0 Å². The van der Waals surface area contributed by atoms with Crippen LogP contribution in [0.25, 0.3) is 0 Å². The fraction of sp³-hybridized carbons (Fsp3) is 0.692. The van der Waals surface area contributed by atoms with E-state index in [1.54, 1.807) is 22.3 Å². The molecule has 0 radical (unpaired) electrons. The Labute approximate surface area is 202 Å². The molecule has 0 aliphatic heterocycles. The summed E-state index contributed by atoms with van der Waals surface area (Å²) >= 11 is -2.93. The molecule has 0 bridgehead atoms. The summed E-state index contributed by atoms with van der Waals surface area (Å²) < 4.78 is 3.77. The van der Waals surface area contributed by atoms with Crippen molar-refractivity contribution in [1.29, 1.82) is 0 Å². The molecule has 0 saturated heterocycles. The monoisotopic (exact) mass is 506 g/mol. The van der Waals surface area contributed by atoms with Gasteiger partial charge in [-0.1, -0.05) is 0 Å². The van der Waals surface area contributed by atoms with E-state index in [1.807, 2.05) is 7.76 Å². The van der Waals surface area contributed by atoms with Gasteiger partial charge in [0.1, 0.15) is 0 Å². The topological polar surface area (TPSA) is 0 Å². The first-order valence-corrected chi connectivity index (χ1v) is 20.3. The Morgan fingerprint density at radius 2 is 1.00 bits per heavy atom. The minimum atomic E-state index is -2.93. The van der Waals surface area contributed by atoms with Gasteiger partial charge in [-0.15, -0.1) is 24.8 Å². The molecule has 0 aromatic heterocycles. The Hall–Kier alpha value is 0.471. The van der Waals surface area contributed by atoms with Gasteiger partial charge in [-0.25, -0.2) is 0 Å². The van der Waals surface area contributed by atoms with Crippen molar-refractivity contribution < 1.29 is 14.0 Å². The normalized spacial score (nSPS) is 17.8. The molecule has 0 aromatic rings.